The van der Waals surface area contributed by atoms with Crippen LogP contribution < -0.4 is 0 Å². The van der Waals surface area contributed by atoms with Crippen molar-refractivity contribution in [2.45, 2.75) is 39.5 Å². The Balaban J connectivity index is 1.88. The Labute approximate surface area is 146 Å². The maximum absolute atomic E-state index is 14.3. The Bertz CT molecular complexity index is 951. The van der Waals surface area contributed by atoms with Crippen molar-refractivity contribution in [1.29, 1.82) is 0 Å². The summed E-state index contributed by atoms with van der Waals surface area (Å²) in [6, 6.07) is 7.73. The first-order chi connectivity index (χ1) is 12.0. The molecule has 1 heterocycles. The summed E-state index contributed by atoms with van der Waals surface area (Å²) in [7, 11) is 1.76. The lowest BCUT2D eigenvalue weighted by Crippen LogP contribution is -1.98. The Hall–Kier alpha value is -2.56. The van der Waals surface area contributed by atoms with Crippen molar-refractivity contribution >= 4 is 0 Å². The Morgan fingerprint density at radius 3 is 2.52 bits per heavy atom. The predicted octanol–water partition coefficient (Wildman–Crippen LogP) is 4.35. The number of aryl methyl sites for hydroxylation is 3. The summed E-state index contributed by atoms with van der Waals surface area (Å²) in [5.74, 6) is 0.844. The molecule has 0 fully saturated rings. The van der Waals surface area contributed by atoms with Crippen LogP contribution >= 0.6 is 0 Å². The van der Waals surface area contributed by atoms with Gasteiger partial charge in [-0.25, -0.2) is 4.39 Å². The van der Waals surface area contributed by atoms with Crippen LogP contribution in [0.1, 0.15) is 41.5 Å². The largest absolute Gasteiger partial charge is 0.207 e. The summed E-state index contributed by atoms with van der Waals surface area (Å²) in [5, 5.41) is 12.3. The zero-order valence-corrected chi connectivity index (χ0v) is 15.0. The summed E-state index contributed by atoms with van der Waals surface area (Å²) >= 11 is 0. The second-order valence-corrected chi connectivity index (χ2v) is 7.01. The molecular formula is C20H21FN4. The van der Waals surface area contributed by atoms with Crippen molar-refractivity contribution < 1.29 is 4.39 Å². The van der Waals surface area contributed by atoms with E-state index >= 15 is 0 Å². The van der Waals surface area contributed by atoms with E-state index in [1.165, 1.54) is 15.9 Å². The minimum atomic E-state index is -0.0700. The second kappa shape index (κ2) is 5.76. The molecular weight excluding hydrogens is 315 g/mol. The number of benzene rings is 2. The molecule has 4 rings (SSSR count). The van der Waals surface area contributed by atoms with Crippen molar-refractivity contribution in [2.24, 2.45) is 7.05 Å². The quantitative estimate of drug-likeness (QED) is 0.699. The van der Waals surface area contributed by atoms with Gasteiger partial charge in [0.05, 0.1) is 7.05 Å². The fourth-order valence-electron chi connectivity index (χ4n) is 4.09. The molecule has 0 saturated carbocycles. The molecule has 0 radical (unpaired) electrons. The average Bonchev–Trinajstić information content (AvgIpc) is 3.16. The first-order valence-corrected chi connectivity index (χ1v) is 8.63. The molecule has 1 atom stereocenters. The molecule has 0 bridgehead atoms. The Morgan fingerprint density at radius 2 is 1.88 bits per heavy atom. The van der Waals surface area contributed by atoms with E-state index in [1.54, 1.807) is 13.1 Å². The molecule has 1 unspecified atom stereocenters. The number of halogens is 1. The van der Waals surface area contributed by atoms with E-state index in [2.05, 4.69) is 48.3 Å². The van der Waals surface area contributed by atoms with Crippen LogP contribution in [0.25, 0.3) is 22.5 Å². The lowest BCUT2D eigenvalue weighted by Gasteiger charge is -2.16. The molecule has 0 spiro atoms. The smallest absolute Gasteiger partial charge is 0.204 e. The van der Waals surface area contributed by atoms with E-state index < -0.39 is 0 Å². The van der Waals surface area contributed by atoms with Crippen molar-refractivity contribution in [3.63, 3.8) is 0 Å². The monoisotopic (exact) mass is 336 g/mol. The maximum Gasteiger partial charge on any atom is 0.204 e. The standard InChI is InChI=1S/C20H21FN4/c1-11-5-6-16-15(7-8-17(21)19(11)16)18-12(2)9-14(10-13(18)3)20-22-24-25(4)23-20/h7-11H,5-6H2,1-4H3. The normalized spacial score (nSPS) is 16.3. The molecule has 1 aromatic heterocycles. The van der Waals surface area contributed by atoms with E-state index in [9.17, 15) is 4.39 Å². The van der Waals surface area contributed by atoms with Crippen molar-refractivity contribution in [3.8, 4) is 22.5 Å². The van der Waals surface area contributed by atoms with Gasteiger partial charge in [0.1, 0.15) is 5.82 Å². The third kappa shape index (κ3) is 2.54. The lowest BCUT2D eigenvalue weighted by atomic mass is 9.88. The molecule has 2 aromatic carbocycles. The van der Waals surface area contributed by atoms with E-state index in [0.29, 0.717) is 11.7 Å². The number of fused-ring (bicyclic) bond motifs is 1. The van der Waals surface area contributed by atoms with E-state index in [0.717, 1.165) is 40.7 Å². The van der Waals surface area contributed by atoms with Crippen LogP contribution in [-0.4, -0.2) is 20.2 Å². The highest BCUT2D eigenvalue weighted by Crippen LogP contribution is 2.42. The summed E-state index contributed by atoms with van der Waals surface area (Å²) in [4.78, 5) is 1.46. The predicted molar refractivity (Wildman–Crippen MR) is 95.8 cm³/mol. The van der Waals surface area contributed by atoms with Gasteiger partial charge in [-0.05, 0) is 89.4 Å². The van der Waals surface area contributed by atoms with Crippen LogP contribution in [-0.2, 0) is 13.5 Å². The number of nitrogens with zero attached hydrogens (tertiary/aromatic N) is 4. The number of hydrogen-bond donors (Lipinski definition) is 0. The van der Waals surface area contributed by atoms with Gasteiger partial charge < -0.3 is 0 Å². The van der Waals surface area contributed by atoms with Crippen LogP contribution in [0.2, 0.25) is 0 Å². The number of aromatic nitrogens is 4. The molecule has 0 saturated heterocycles. The van der Waals surface area contributed by atoms with Gasteiger partial charge in [-0.2, -0.15) is 4.80 Å². The zero-order chi connectivity index (χ0) is 17.7. The minimum absolute atomic E-state index is 0.0700. The molecule has 0 aliphatic heterocycles. The Kier molecular flexibility index (Phi) is 3.67. The first kappa shape index (κ1) is 15.9. The van der Waals surface area contributed by atoms with Gasteiger partial charge >= 0.3 is 0 Å². The summed E-state index contributed by atoms with van der Waals surface area (Å²) < 4.78 is 14.3. The highest BCUT2D eigenvalue weighted by molar-refractivity contribution is 5.78. The van der Waals surface area contributed by atoms with E-state index in [-0.39, 0.29) is 5.82 Å². The van der Waals surface area contributed by atoms with Crippen molar-refractivity contribution in [2.75, 3.05) is 0 Å². The minimum Gasteiger partial charge on any atom is -0.207 e. The molecule has 4 nitrogen and oxygen atoms in total. The number of hydrogen-bond acceptors (Lipinski definition) is 3. The number of rotatable bonds is 2. The third-order valence-electron chi connectivity index (χ3n) is 5.19. The Morgan fingerprint density at radius 1 is 1.16 bits per heavy atom. The van der Waals surface area contributed by atoms with Gasteiger partial charge in [0.15, 0.2) is 0 Å². The fourth-order valence-corrected chi connectivity index (χ4v) is 4.09. The molecule has 5 heteroatoms. The van der Waals surface area contributed by atoms with Gasteiger partial charge in [0.2, 0.25) is 5.82 Å². The highest BCUT2D eigenvalue weighted by Gasteiger charge is 2.26. The van der Waals surface area contributed by atoms with Crippen LogP contribution in [0, 0.1) is 19.7 Å². The summed E-state index contributed by atoms with van der Waals surface area (Å²) in [6.07, 6.45) is 1.96. The van der Waals surface area contributed by atoms with Gasteiger partial charge in [-0.15, -0.1) is 10.2 Å². The summed E-state index contributed by atoms with van der Waals surface area (Å²) in [5.41, 5.74) is 7.68. The lowest BCUT2D eigenvalue weighted by molar-refractivity contribution is 0.595. The molecule has 3 aromatic rings. The first-order valence-electron chi connectivity index (χ1n) is 8.63. The topological polar surface area (TPSA) is 43.6 Å². The van der Waals surface area contributed by atoms with Crippen LogP contribution in [0.15, 0.2) is 24.3 Å². The molecule has 1 aliphatic carbocycles. The van der Waals surface area contributed by atoms with Gasteiger partial charge in [0, 0.05) is 5.56 Å². The SMILES string of the molecule is Cc1cc(-c2nnn(C)n2)cc(C)c1-c1ccc(F)c2c1CCC2C. The third-order valence-corrected chi connectivity index (χ3v) is 5.19. The molecule has 128 valence electrons. The molecule has 25 heavy (non-hydrogen) atoms. The highest BCUT2D eigenvalue weighted by atomic mass is 19.1. The molecule has 0 N–H and O–H groups in total. The van der Waals surface area contributed by atoms with Gasteiger partial charge in [-0.1, -0.05) is 13.0 Å². The van der Waals surface area contributed by atoms with Crippen molar-refractivity contribution in [3.05, 3.63) is 52.3 Å². The summed E-state index contributed by atoms with van der Waals surface area (Å²) in [6.45, 7) is 6.30. The molecule has 1 aliphatic rings. The zero-order valence-electron chi connectivity index (χ0n) is 15.0. The van der Waals surface area contributed by atoms with Crippen LogP contribution in [0.5, 0.6) is 0 Å². The maximum atomic E-state index is 14.3. The molecule has 0 amide bonds. The van der Waals surface area contributed by atoms with Gasteiger partial charge in [0.25, 0.3) is 0 Å². The van der Waals surface area contributed by atoms with Crippen LogP contribution in [0.4, 0.5) is 4.39 Å². The average molecular weight is 336 g/mol. The fraction of sp³-hybridized carbons (Fsp3) is 0.350. The second-order valence-electron chi connectivity index (χ2n) is 7.01. The van der Waals surface area contributed by atoms with E-state index in [4.69, 9.17) is 0 Å². The van der Waals surface area contributed by atoms with Crippen molar-refractivity contribution in [1.82, 2.24) is 20.2 Å². The van der Waals surface area contributed by atoms with Crippen LogP contribution in [0.3, 0.4) is 0 Å². The number of tetrazole rings is 1. The van der Waals surface area contributed by atoms with Gasteiger partial charge in [-0.3, -0.25) is 0 Å². The van der Waals surface area contributed by atoms with E-state index in [1.807, 2.05) is 6.07 Å².